The Labute approximate surface area is 116 Å². The van der Waals surface area contributed by atoms with Crippen molar-refractivity contribution in [3.63, 3.8) is 0 Å². The lowest BCUT2D eigenvalue weighted by molar-refractivity contribution is -0.0493. The van der Waals surface area contributed by atoms with Crippen molar-refractivity contribution in [3.05, 3.63) is 42.5 Å². The van der Waals surface area contributed by atoms with Gasteiger partial charge in [-0.2, -0.15) is 8.78 Å². The van der Waals surface area contributed by atoms with Crippen LogP contribution in [0.4, 0.5) is 14.5 Å². The molecule has 0 saturated heterocycles. The second-order valence-corrected chi connectivity index (χ2v) is 4.31. The van der Waals surface area contributed by atoms with Crippen LogP contribution in [0, 0.1) is 0 Å². The van der Waals surface area contributed by atoms with Crippen molar-refractivity contribution in [2.45, 2.75) is 33.0 Å². The molecule has 2 aromatic rings. The number of nitrogens with zero attached hydrogens (tertiary/aromatic N) is 2. The Balaban J connectivity index is 2.05. The molecule has 108 valence electrons. The fourth-order valence-corrected chi connectivity index (χ4v) is 1.93. The number of rotatable bonds is 7. The quantitative estimate of drug-likeness (QED) is 0.844. The first kappa shape index (κ1) is 14.3. The third-order valence-electron chi connectivity index (χ3n) is 2.83. The van der Waals surface area contributed by atoms with Crippen LogP contribution in [0.15, 0.2) is 36.8 Å². The molecule has 0 aliphatic rings. The minimum absolute atomic E-state index is 0.143. The van der Waals surface area contributed by atoms with Crippen LogP contribution in [-0.4, -0.2) is 16.2 Å². The smallest absolute Gasteiger partial charge is 0.387 e. The molecular formula is C14H17F2N3O. The fourth-order valence-electron chi connectivity index (χ4n) is 1.93. The van der Waals surface area contributed by atoms with Gasteiger partial charge >= 0.3 is 6.61 Å². The van der Waals surface area contributed by atoms with Crippen molar-refractivity contribution in [2.75, 3.05) is 5.32 Å². The van der Waals surface area contributed by atoms with Crippen LogP contribution in [0.5, 0.6) is 5.75 Å². The predicted molar refractivity (Wildman–Crippen MR) is 72.9 cm³/mol. The van der Waals surface area contributed by atoms with Crippen molar-refractivity contribution >= 4 is 5.69 Å². The van der Waals surface area contributed by atoms with E-state index in [2.05, 4.69) is 22.0 Å². The molecular weight excluding hydrogens is 264 g/mol. The molecule has 6 heteroatoms. The SMILES string of the molecule is CCCn1cncc1CNc1ccccc1OC(F)F. The Bertz CT molecular complexity index is 543. The minimum Gasteiger partial charge on any atom is -0.433 e. The largest absolute Gasteiger partial charge is 0.433 e. The number of para-hydroxylation sites is 2. The highest BCUT2D eigenvalue weighted by Gasteiger charge is 2.09. The number of nitrogens with one attached hydrogen (secondary N) is 1. The molecule has 0 aliphatic heterocycles. The van der Waals surface area contributed by atoms with Gasteiger partial charge in [-0.05, 0) is 18.6 Å². The van der Waals surface area contributed by atoms with E-state index in [0.717, 1.165) is 18.7 Å². The number of aryl methyl sites for hydroxylation is 1. The van der Waals surface area contributed by atoms with Gasteiger partial charge in [-0.15, -0.1) is 0 Å². The zero-order valence-electron chi connectivity index (χ0n) is 11.2. The molecule has 1 heterocycles. The number of benzene rings is 1. The van der Waals surface area contributed by atoms with E-state index >= 15 is 0 Å². The molecule has 1 aromatic carbocycles. The standard InChI is InChI=1S/C14H17F2N3O/c1-2-7-19-10-17-8-11(19)9-18-12-5-3-4-6-13(12)20-14(15)16/h3-6,8,10,14,18H,2,7,9H2,1H3. The van der Waals surface area contributed by atoms with Crippen molar-refractivity contribution in [2.24, 2.45) is 0 Å². The lowest BCUT2D eigenvalue weighted by Gasteiger charge is -2.13. The van der Waals surface area contributed by atoms with Gasteiger partial charge in [-0.25, -0.2) is 4.98 Å². The summed E-state index contributed by atoms with van der Waals surface area (Å²) in [6, 6.07) is 6.64. The topological polar surface area (TPSA) is 39.1 Å². The average molecular weight is 281 g/mol. The molecule has 2 rings (SSSR count). The van der Waals surface area contributed by atoms with Gasteiger partial charge in [0.2, 0.25) is 0 Å². The summed E-state index contributed by atoms with van der Waals surface area (Å²) in [6.45, 7) is 0.641. The first-order valence-corrected chi connectivity index (χ1v) is 6.47. The number of imidazole rings is 1. The molecule has 4 nitrogen and oxygen atoms in total. The van der Waals surface area contributed by atoms with Crippen molar-refractivity contribution in [3.8, 4) is 5.75 Å². The summed E-state index contributed by atoms with van der Waals surface area (Å²) in [5, 5.41) is 3.10. The Morgan fingerprint density at radius 1 is 1.35 bits per heavy atom. The highest BCUT2D eigenvalue weighted by atomic mass is 19.3. The Hall–Kier alpha value is -2.11. The van der Waals surface area contributed by atoms with E-state index in [1.54, 1.807) is 30.7 Å². The highest BCUT2D eigenvalue weighted by molar-refractivity contribution is 5.56. The lowest BCUT2D eigenvalue weighted by atomic mass is 10.3. The summed E-state index contributed by atoms with van der Waals surface area (Å²) >= 11 is 0. The summed E-state index contributed by atoms with van der Waals surface area (Å²) in [5.41, 5.74) is 1.54. The molecule has 0 bridgehead atoms. The maximum Gasteiger partial charge on any atom is 0.387 e. The van der Waals surface area contributed by atoms with Crippen LogP contribution < -0.4 is 10.1 Å². The third kappa shape index (κ3) is 3.69. The molecule has 1 aromatic heterocycles. The highest BCUT2D eigenvalue weighted by Crippen LogP contribution is 2.25. The van der Waals surface area contributed by atoms with E-state index in [1.807, 2.05) is 4.57 Å². The number of hydrogen-bond acceptors (Lipinski definition) is 3. The normalized spacial score (nSPS) is 10.8. The number of alkyl halides is 2. The van der Waals surface area contributed by atoms with Gasteiger partial charge in [-0.3, -0.25) is 0 Å². The zero-order chi connectivity index (χ0) is 14.4. The predicted octanol–water partition coefficient (Wildman–Crippen LogP) is 3.51. The molecule has 0 fully saturated rings. The van der Waals surface area contributed by atoms with Gasteiger partial charge in [0, 0.05) is 12.7 Å². The second-order valence-electron chi connectivity index (χ2n) is 4.31. The second kappa shape index (κ2) is 6.88. The molecule has 0 saturated carbocycles. The Morgan fingerprint density at radius 2 is 2.15 bits per heavy atom. The first-order valence-electron chi connectivity index (χ1n) is 6.47. The molecule has 0 unspecified atom stereocenters. The molecule has 0 atom stereocenters. The molecule has 0 amide bonds. The first-order chi connectivity index (χ1) is 9.70. The van der Waals surface area contributed by atoms with Crippen molar-refractivity contribution < 1.29 is 13.5 Å². The fraction of sp³-hybridized carbons (Fsp3) is 0.357. The van der Waals surface area contributed by atoms with Crippen LogP contribution in [0.1, 0.15) is 19.0 Å². The minimum atomic E-state index is -2.83. The molecule has 20 heavy (non-hydrogen) atoms. The number of anilines is 1. The van der Waals surface area contributed by atoms with Crippen LogP contribution in [0.2, 0.25) is 0 Å². The molecule has 0 radical (unpaired) electrons. The van der Waals surface area contributed by atoms with Crippen LogP contribution in [0.25, 0.3) is 0 Å². The van der Waals surface area contributed by atoms with Crippen LogP contribution in [0.3, 0.4) is 0 Å². The zero-order valence-corrected chi connectivity index (χ0v) is 11.2. The van der Waals surface area contributed by atoms with Crippen molar-refractivity contribution in [1.29, 1.82) is 0 Å². The van der Waals surface area contributed by atoms with E-state index < -0.39 is 6.61 Å². The summed E-state index contributed by atoms with van der Waals surface area (Å²) in [7, 11) is 0. The van der Waals surface area contributed by atoms with Gasteiger partial charge < -0.3 is 14.6 Å². The van der Waals surface area contributed by atoms with Gasteiger partial charge in [0.1, 0.15) is 5.75 Å². The number of ether oxygens (including phenoxy) is 1. The van der Waals surface area contributed by atoms with Gasteiger partial charge in [-0.1, -0.05) is 19.1 Å². The number of aromatic nitrogens is 2. The van der Waals surface area contributed by atoms with E-state index in [-0.39, 0.29) is 5.75 Å². The molecule has 0 spiro atoms. The molecule has 0 aliphatic carbocycles. The van der Waals surface area contributed by atoms with Gasteiger partial charge in [0.05, 0.1) is 24.3 Å². The van der Waals surface area contributed by atoms with Gasteiger partial charge in [0.25, 0.3) is 0 Å². The van der Waals surface area contributed by atoms with E-state index in [4.69, 9.17) is 0 Å². The third-order valence-corrected chi connectivity index (χ3v) is 2.83. The van der Waals surface area contributed by atoms with Crippen LogP contribution in [-0.2, 0) is 13.1 Å². The average Bonchev–Trinajstić information content (AvgIpc) is 2.85. The van der Waals surface area contributed by atoms with E-state index in [0.29, 0.717) is 12.2 Å². The van der Waals surface area contributed by atoms with Crippen molar-refractivity contribution in [1.82, 2.24) is 9.55 Å². The maximum absolute atomic E-state index is 12.3. The Kier molecular flexibility index (Phi) is 4.92. The lowest BCUT2D eigenvalue weighted by Crippen LogP contribution is -2.09. The summed E-state index contributed by atoms with van der Waals surface area (Å²) < 4.78 is 31.1. The molecule has 1 N–H and O–H groups in total. The number of hydrogen-bond donors (Lipinski definition) is 1. The van der Waals surface area contributed by atoms with Crippen LogP contribution >= 0.6 is 0 Å². The maximum atomic E-state index is 12.3. The summed E-state index contributed by atoms with van der Waals surface area (Å²) in [6.07, 6.45) is 4.54. The summed E-state index contributed by atoms with van der Waals surface area (Å²) in [4.78, 5) is 4.10. The number of halogens is 2. The van der Waals surface area contributed by atoms with Gasteiger partial charge in [0.15, 0.2) is 0 Å². The van der Waals surface area contributed by atoms with E-state index in [9.17, 15) is 8.78 Å². The summed E-state index contributed by atoms with van der Waals surface area (Å²) in [5.74, 6) is 0.143. The van der Waals surface area contributed by atoms with E-state index in [1.165, 1.54) is 6.07 Å². The monoisotopic (exact) mass is 281 g/mol. The Morgan fingerprint density at radius 3 is 2.90 bits per heavy atom.